The summed E-state index contributed by atoms with van der Waals surface area (Å²) in [6.45, 7) is 4.18. The summed E-state index contributed by atoms with van der Waals surface area (Å²) in [5.74, 6) is 3.23. The molecule has 2 aliphatic rings. The maximum Gasteiger partial charge on any atom is 0.203 e. The van der Waals surface area contributed by atoms with Crippen molar-refractivity contribution in [3.63, 3.8) is 0 Å². The van der Waals surface area contributed by atoms with Crippen LogP contribution in [-0.2, 0) is 17.9 Å². The topological polar surface area (TPSA) is 40.2 Å². The second-order valence-corrected chi connectivity index (χ2v) is 8.76. The molecule has 5 nitrogen and oxygen atoms in total. The zero-order chi connectivity index (χ0) is 20.1. The number of ether oxygens (including phenoxy) is 4. The van der Waals surface area contributed by atoms with E-state index in [0.717, 1.165) is 44.0 Å². The minimum absolute atomic E-state index is 0.472. The molecule has 2 aromatic rings. The Morgan fingerprint density at radius 2 is 1.83 bits per heavy atom. The molecule has 0 aliphatic carbocycles. The van der Waals surface area contributed by atoms with Gasteiger partial charge >= 0.3 is 0 Å². The van der Waals surface area contributed by atoms with E-state index in [0.29, 0.717) is 35.1 Å². The van der Waals surface area contributed by atoms with Gasteiger partial charge in [0, 0.05) is 36.7 Å². The van der Waals surface area contributed by atoms with Crippen LogP contribution in [-0.4, -0.2) is 55.9 Å². The van der Waals surface area contributed by atoms with Gasteiger partial charge in [-0.05, 0) is 29.7 Å². The fraction of sp³-hybridized carbons (Fsp3) is 0.478. The highest BCUT2D eigenvalue weighted by molar-refractivity contribution is 8.00. The van der Waals surface area contributed by atoms with Crippen molar-refractivity contribution in [1.82, 2.24) is 4.90 Å². The minimum atomic E-state index is 0.472. The van der Waals surface area contributed by atoms with E-state index in [-0.39, 0.29) is 0 Å². The van der Waals surface area contributed by atoms with Crippen molar-refractivity contribution in [3.05, 3.63) is 53.6 Å². The molecule has 0 bridgehead atoms. The predicted octanol–water partition coefficient (Wildman–Crippen LogP) is 3.99. The van der Waals surface area contributed by atoms with Crippen LogP contribution in [0, 0.1) is 0 Å². The molecule has 29 heavy (non-hydrogen) atoms. The van der Waals surface area contributed by atoms with Crippen LogP contribution in [0.25, 0.3) is 0 Å². The molecule has 0 spiro atoms. The SMILES string of the molecule is COc1cc(CN2CCSC3COCCC32)cc(OC)c1OCc1ccccc1. The van der Waals surface area contributed by atoms with Crippen LogP contribution in [0.1, 0.15) is 17.5 Å². The molecule has 2 fully saturated rings. The molecule has 2 unspecified atom stereocenters. The number of rotatable bonds is 7. The van der Waals surface area contributed by atoms with Crippen molar-refractivity contribution in [2.24, 2.45) is 0 Å². The summed E-state index contributed by atoms with van der Waals surface area (Å²) in [5, 5.41) is 0.578. The van der Waals surface area contributed by atoms with Gasteiger partial charge in [-0.2, -0.15) is 11.8 Å². The third-order valence-electron chi connectivity index (χ3n) is 5.58. The Morgan fingerprint density at radius 3 is 2.55 bits per heavy atom. The molecule has 2 heterocycles. The maximum absolute atomic E-state index is 6.08. The average molecular weight is 416 g/mol. The summed E-state index contributed by atoms with van der Waals surface area (Å²) in [6, 6.07) is 14.9. The molecule has 0 radical (unpaired) electrons. The normalized spacial score (nSPS) is 22.0. The van der Waals surface area contributed by atoms with E-state index in [1.807, 2.05) is 42.1 Å². The van der Waals surface area contributed by atoms with Gasteiger partial charge in [0.05, 0.1) is 20.8 Å². The molecule has 0 aromatic heterocycles. The first-order valence-electron chi connectivity index (χ1n) is 10.1. The van der Waals surface area contributed by atoms with Gasteiger partial charge in [0.25, 0.3) is 0 Å². The van der Waals surface area contributed by atoms with Gasteiger partial charge in [0.1, 0.15) is 6.61 Å². The number of fused-ring (bicyclic) bond motifs is 1. The van der Waals surface area contributed by atoms with Gasteiger partial charge < -0.3 is 18.9 Å². The lowest BCUT2D eigenvalue weighted by Crippen LogP contribution is -2.51. The quantitative estimate of drug-likeness (QED) is 0.681. The van der Waals surface area contributed by atoms with Gasteiger partial charge in [0.15, 0.2) is 11.5 Å². The van der Waals surface area contributed by atoms with Gasteiger partial charge in [-0.1, -0.05) is 30.3 Å². The zero-order valence-electron chi connectivity index (χ0n) is 17.1. The van der Waals surface area contributed by atoms with E-state index < -0.39 is 0 Å². The molecule has 6 heteroatoms. The van der Waals surface area contributed by atoms with Gasteiger partial charge in [-0.15, -0.1) is 0 Å². The highest BCUT2D eigenvalue weighted by atomic mass is 32.2. The summed E-state index contributed by atoms with van der Waals surface area (Å²) in [5.41, 5.74) is 2.29. The van der Waals surface area contributed by atoms with Crippen molar-refractivity contribution in [2.75, 3.05) is 39.7 Å². The lowest BCUT2D eigenvalue weighted by Gasteiger charge is -2.43. The largest absolute Gasteiger partial charge is 0.493 e. The van der Waals surface area contributed by atoms with Gasteiger partial charge in [0.2, 0.25) is 5.75 Å². The standard InChI is InChI=1S/C23H29NO4S/c1-25-20-12-18(14-24-9-11-29-22-16-27-10-8-19(22)24)13-21(26-2)23(20)28-15-17-6-4-3-5-7-17/h3-7,12-13,19,22H,8-11,14-16H2,1-2H3. The monoisotopic (exact) mass is 415 g/mol. The second kappa shape index (κ2) is 9.74. The van der Waals surface area contributed by atoms with Crippen LogP contribution in [0.3, 0.4) is 0 Å². The highest BCUT2D eigenvalue weighted by Gasteiger charge is 2.34. The number of nitrogens with zero attached hydrogens (tertiary/aromatic N) is 1. The van der Waals surface area contributed by atoms with E-state index in [1.165, 1.54) is 5.56 Å². The molecule has 0 N–H and O–H groups in total. The molecule has 4 rings (SSSR count). The Balaban J connectivity index is 1.52. The lowest BCUT2D eigenvalue weighted by molar-refractivity contribution is 0.0351. The molecule has 0 saturated carbocycles. The zero-order valence-corrected chi connectivity index (χ0v) is 18.0. The summed E-state index contributed by atoms with van der Waals surface area (Å²) in [7, 11) is 3.36. The third kappa shape index (κ3) is 4.82. The average Bonchev–Trinajstić information content (AvgIpc) is 2.78. The van der Waals surface area contributed by atoms with Crippen LogP contribution in [0.15, 0.2) is 42.5 Å². The predicted molar refractivity (Wildman–Crippen MR) is 116 cm³/mol. The van der Waals surface area contributed by atoms with E-state index >= 15 is 0 Å². The first-order chi connectivity index (χ1) is 14.3. The minimum Gasteiger partial charge on any atom is -0.493 e. The van der Waals surface area contributed by atoms with E-state index in [4.69, 9.17) is 18.9 Å². The Labute approximate surface area is 177 Å². The maximum atomic E-state index is 6.08. The Morgan fingerprint density at radius 1 is 1.07 bits per heavy atom. The molecule has 0 amide bonds. The summed E-state index contributed by atoms with van der Waals surface area (Å²) >= 11 is 2.05. The van der Waals surface area contributed by atoms with Crippen molar-refractivity contribution >= 4 is 11.8 Å². The fourth-order valence-corrected chi connectivity index (χ4v) is 5.46. The number of benzene rings is 2. The Bertz CT molecular complexity index is 774. The fourth-order valence-electron chi connectivity index (χ4n) is 4.09. The molecule has 2 atom stereocenters. The summed E-state index contributed by atoms with van der Waals surface area (Å²) in [4.78, 5) is 2.59. The molecule has 2 aromatic carbocycles. The lowest BCUT2D eigenvalue weighted by atomic mass is 10.0. The number of hydrogen-bond acceptors (Lipinski definition) is 6. The van der Waals surface area contributed by atoms with Gasteiger partial charge in [-0.3, -0.25) is 4.90 Å². The summed E-state index contributed by atoms with van der Waals surface area (Å²) < 4.78 is 23.1. The summed E-state index contributed by atoms with van der Waals surface area (Å²) in [6.07, 6.45) is 1.10. The van der Waals surface area contributed by atoms with Crippen LogP contribution in [0.4, 0.5) is 0 Å². The van der Waals surface area contributed by atoms with Crippen LogP contribution >= 0.6 is 11.8 Å². The van der Waals surface area contributed by atoms with E-state index in [1.54, 1.807) is 14.2 Å². The molecular formula is C23H29NO4S. The van der Waals surface area contributed by atoms with Gasteiger partial charge in [-0.25, -0.2) is 0 Å². The van der Waals surface area contributed by atoms with E-state index in [9.17, 15) is 0 Å². The number of methoxy groups -OCH3 is 2. The Hall–Kier alpha value is -1.89. The molecule has 156 valence electrons. The van der Waals surface area contributed by atoms with Crippen LogP contribution in [0.5, 0.6) is 17.2 Å². The van der Waals surface area contributed by atoms with Crippen LogP contribution in [0.2, 0.25) is 0 Å². The highest BCUT2D eigenvalue weighted by Crippen LogP contribution is 2.40. The first-order valence-corrected chi connectivity index (χ1v) is 11.2. The molecule has 2 aliphatic heterocycles. The number of thioether (sulfide) groups is 1. The van der Waals surface area contributed by atoms with Crippen molar-refractivity contribution in [3.8, 4) is 17.2 Å². The Kier molecular flexibility index (Phi) is 6.85. The second-order valence-electron chi connectivity index (χ2n) is 7.41. The third-order valence-corrected chi connectivity index (χ3v) is 6.88. The first kappa shape index (κ1) is 20.4. The van der Waals surface area contributed by atoms with Crippen molar-refractivity contribution < 1.29 is 18.9 Å². The van der Waals surface area contributed by atoms with Crippen LogP contribution < -0.4 is 14.2 Å². The molecule has 2 saturated heterocycles. The number of hydrogen-bond donors (Lipinski definition) is 0. The smallest absolute Gasteiger partial charge is 0.203 e. The molecular weight excluding hydrogens is 386 g/mol. The van der Waals surface area contributed by atoms with Crippen molar-refractivity contribution in [1.29, 1.82) is 0 Å². The van der Waals surface area contributed by atoms with Crippen molar-refractivity contribution in [2.45, 2.75) is 30.9 Å². The van der Waals surface area contributed by atoms with E-state index in [2.05, 4.69) is 17.0 Å².